The summed E-state index contributed by atoms with van der Waals surface area (Å²) in [5.41, 5.74) is 1.10. The van der Waals surface area contributed by atoms with Crippen LogP contribution in [0.25, 0.3) is 0 Å². The van der Waals surface area contributed by atoms with Gasteiger partial charge in [0.1, 0.15) is 11.8 Å². The van der Waals surface area contributed by atoms with E-state index in [1.807, 2.05) is 44.2 Å². The van der Waals surface area contributed by atoms with E-state index in [0.717, 1.165) is 5.56 Å². The zero-order chi connectivity index (χ0) is 21.4. The van der Waals surface area contributed by atoms with E-state index in [1.54, 1.807) is 30.0 Å². The molecule has 5 nitrogen and oxygen atoms in total. The molecule has 0 saturated heterocycles. The molecule has 0 radical (unpaired) electrons. The highest BCUT2D eigenvalue weighted by Crippen LogP contribution is 2.28. The fourth-order valence-electron chi connectivity index (χ4n) is 2.79. The van der Waals surface area contributed by atoms with Gasteiger partial charge >= 0.3 is 0 Å². The third-order valence-corrected chi connectivity index (χ3v) is 5.18. The summed E-state index contributed by atoms with van der Waals surface area (Å²) in [5.74, 6) is 0.0771. The Morgan fingerprint density at radius 1 is 1.14 bits per heavy atom. The van der Waals surface area contributed by atoms with Gasteiger partial charge < -0.3 is 15.0 Å². The van der Waals surface area contributed by atoms with Crippen molar-refractivity contribution in [2.75, 3.05) is 13.2 Å². The molecule has 2 aromatic rings. The number of hydrogen-bond acceptors (Lipinski definition) is 3. The van der Waals surface area contributed by atoms with Gasteiger partial charge in [-0.1, -0.05) is 41.9 Å². The lowest BCUT2D eigenvalue weighted by molar-refractivity contribution is -0.141. The Labute approximate surface area is 185 Å². The van der Waals surface area contributed by atoms with Gasteiger partial charge in [0.2, 0.25) is 5.91 Å². The van der Waals surface area contributed by atoms with Crippen molar-refractivity contribution >= 4 is 39.3 Å². The van der Waals surface area contributed by atoms with Gasteiger partial charge in [0, 0.05) is 17.6 Å². The van der Waals surface area contributed by atoms with Crippen LogP contribution in [0.4, 0.5) is 0 Å². The van der Waals surface area contributed by atoms with Crippen molar-refractivity contribution in [1.29, 1.82) is 0 Å². The number of carbonyl (C=O) groups excluding carboxylic acids is 2. The Bertz CT molecular complexity index is 830. The Kier molecular flexibility index (Phi) is 8.99. The van der Waals surface area contributed by atoms with E-state index >= 15 is 0 Å². The van der Waals surface area contributed by atoms with Crippen LogP contribution in [0.1, 0.15) is 26.3 Å². The third kappa shape index (κ3) is 7.37. The fraction of sp³-hybridized carbons (Fsp3) is 0.364. The van der Waals surface area contributed by atoms with Crippen LogP contribution < -0.4 is 10.1 Å². The zero-order valence-electron chi connectivity index (χ0n) is 16.8. The summed E-state index contributed by atoms with van der Waals surface area (Å²) < 4.78 is 6.34. The predicted octanol–water partition coefficient (Wildman–Crippen LogP) is 4.47. The molecular weight excluding hydrogens is 456 g/mol. The first-order chi connectivity index (χ1) is 13.8. The summed E-state index contributed by atoms with van der Waals surface area (Å²) >= 11 is 9.32. The molecule has 0 fully saturated rings. The summed E-state index contributed by atoms with van der Waals surface area (Å²) in [6.07, 6.45) is 0.649. The van der Waals surface area contributed by atoms with Crippen molar-refractivity contribution in [2.24, 2.45) is 0 Å². The lowest BCUT2D eigenvalue weighted by Crippen LogP contribution is -2.51. The third-order valence-electron chi connectivity index (χ3n) is 4.33. The van der Waals surface area contributed by atoms with Crippen molar-refractivity contribution in [1.82, 2.24) is 10.2 Å². The summed E-state index contributed by atoms with van der Waals surface area (Å²) in [6, 6.07) is 14.3. The van der Waals surface area contributed by atoms with E-state index < -0.39 is 6.04 Å². The smallest absolute Gasteiger partial charge is 0.261 e. The van der Waals surface area contributed by atoms with Crippen LogP contribution in [0.3, 0.4) is 0 Å². The maximum atomic E-state index is 12.9. The minimum Gasteiger partial charge on any atom is -0.483 e. The molecule has 0 aliphatic carbocycles. The van der Waals surface area contributed by atoms with E-state index in [1.165, 1.54) is 0 Å². The van der Waals surface area contributed by atoms with Crippen LogP contribution >= 0.6 is 27.5 Å². The van der Waals surface area contributed by atoms with Gasteiger partial charge in [0.15, 0.2) is 6.61 Å². The molecule has 0 heterocycles. The van der Waals surface area contributed by atoms with Crippen molar-refractivity contribution < 1.29 is 14.3 Å². The van der Waals surface area contributed by atoms with E-state index in [4.69, 9.17) is 16.3 Å². The molecule has 2 rings (SSSR count). The fourth-order valence-corrected chi connectivity index (χ4v) is 3.59. The molecule has 1 N–H and O–H groups in total. The highest BCUT2D eigenvalue weighted by molar-refractivity contribution is 9.10. The topological polar surface area (TPSA) is 58.6 Å². The second-order valence-electron chi connectivity index (χ2n) is 7.03. The predicted molar refractivity (Wildman–Crippen MR) is 119 cm³/mol. The molecule has 0 aliphatic rings. The van der Waals surface area contributed by atoms with Gasteiger partial charge in [-0.2, -0.15) is 0 Å². The second-order valence-corrected chi connectivity index (χ2v) is 8.32. The monoisotopic (exact) mass is 480 g/mol. The molecule has 0 bridgehead atoms. The summed E-state index contributed by atoms with van der Waals surface area (Å²) in [4.78, 5) is 27.0. The van der Waals surface area contributed by atoms with Crippen LogP contribution in [0.5, 0.6) is 5.75 Å². The number of hydrogen-bond donors (Lipinski definition) is 1. The first-order valence-corrected chi connectivity index (χ1v) is 10.7. The number of amides is 2. The molecule has 0 aliphatic heterocycles. The Morgan fingerprint density at radius 2 is 1.83 bits per heavy atom. The first-order valence-electron chi connectivity index (χ1n) is 9.49. The second kappa shape index (κ2) is 11.2. The molecule has 2 aromatic carbocycles. The summed E-state index contributed by atoms with van der Waals surface area (Å²) in [6.45, 7) is 5.76. The standard InChI is InChI=1S/C22H26BrClN2O3/c1-15(2)25-22(28)16(3)26(12-11-17-7-5-4-6-8-17)21(27)14-29-20-10-9-18(24)13-19(20)23/h4-10,13,15-16H,11-12,14H2,1-3H3,(H,25,28)/t16-/m1/s1. The molecule has 0 unspecified atom stereocenters. The Morgan fingerprint density at radius 3 is 2.45 bits per heavy atom. The minimum absolute atomic E-state index is 0.00250. The average Bonchev–Trinajstić information content (AvgIpc) is 2.67. The molecule has 2 amide bonds. The number of nitrogens with one attached hydrogen (secondary N) is 1. The maximum absolute atomic E-state index is 12.9. The normalized spacial score (nSPS) is 11.8. The van der Waals surface area contributed by atoms with Crippen LogP contribution in [-0.4, -0.2) is 41.9 Å². The molecule has 7 heteroatoms. The van der Waals surface area contributed by atoms with Crippen LogP contribution in [0.15, 0.2) is 53.0 Å². The van der Waals surface area contributed by atoms with Crippen LogP contribution in [0, 0.1) is 0 Å². The number of carbonyl (C=O) groups is 2. The lowest BCUT2D eigenvalue weighted by Gasteiger charge is -2.29. The van der Waals surface area contributed by atoms with Gasteiger partial charge in [-0.15, -0.1) is 0 Å². The number of nitrogens with zero attached hydrogens (tertiary/aromatic N) is 1. The van der Waals surface area contributed by atoms with Crippen molar-refractivity contribution in [2.45, 2.75) is 39.3 Å². The number of benzene rings is 2. The van der Waals surface area contributed by atoms with Gasteiger partial charge in [-0.3, -0.25) is 9.59 Å². The lowest BCUT2D eigenvalue weighted by atomic mass is 10.1. The van der Waals surface area contributed by atoms with Gasteiger partial charge in [-0.05, 0) is 66.9 Å². The first kappa shape index (κ1) is 23.2. The van der Waals surface area contributed by atoms with Crippen molar-refractivity contribution in [3.8, 4) is 5.75 Å². The molecular formula is C22H26BrClN2O3. The van der Waals surface area contributed by atoms with Crippen LogP contribution in [-0.2, 0) is 16.0 Å². The largest absolute Gasteiger partial charge is 0.483 e. The molecule has 0 aromatic heterocycles. The molecule has 29 heavy (non-hydrogen) atoms. The maximum Gasteiger partial charge on any atom is 0.261 e. The quantitative estimate of drug-likeness (QED) is 0.575. The van der Waals surface area contributed by atoms with Gasteiger partial charge in [-0.25, -0.2) is 0 Å². The Hall–Kier alpha value is -2.05. The van der Waals surface area contributed by atoms with E-state index in [2.05, 4.69) is 21.2 Å². The average molecular weight is 482 g/mol. The SMILES string of the molecule is CC(C)NC(=O)[C@@H](C)N(CCc1ccccc1)C(=O)COc1ccc(Cl)cc1Br. The molecule has 156 valence electrons. The van der Waals surface area contributed by atoms with E-state index in [9.17, 15) is 9.59 Å². The van der Waals surface area contributed by atoms with Gasteiger partial charge in [0.05, 0.1) is 4.47 Å². The minimum atomic E-state index is -0.606. The highest BCUT2D eigenvalue weighted by Gasteiger charge is 2.26. The summed E-state index contributed by atoms with van der Waals surface area (Å²) in [5, 5.41) is 3.44. The Balaban J connectivity index is 2.09. The van der Waals surface area contributed by atoms with Gasteiger partial charge in [0.25, 0.3) is 5.91 Å². The molecule has 0 saturated carbocycles. The van der Waals surface area contributed by atoms with E-state index in [0.29, 0.717) is 28.2 Å². The number of halogens is 2. The summed E-state index contributed by atoms with van der Waals surface area (Å²) in [7, 11) is 0. The van der Waals surface area contributed by atoms with Crippen molar-refractivity contribution in [3.05, 3.63) is 63.6 Å². The number of ether oxygens (including phenoxy) is 1. The molecule has 0 spiro atoms. The highest BCUT2D eigenvalue weighted by atomic mass is 79.9. The zero-order valence-corrected chi connectivity index (χ0v) is 19.2. The molecule has 1 atom stereocenters. The number of rotatable bonds is 9. The van der Waals surface area contributed by atoms with E-state index in [-0.39, 0.29) is 24.5 Å². The van der Waals surface area contributed by atoms with Crippen molar-refractivity contribution in [3.63, 3.8) is 0 Å². The van der Waals surface area contributed by atoms with Crippen LogP contribution in [0.2, 0.25) is 5.02 Å².